The second-order valence-corrected chi connectivity index (χ2v) is 7.31. The van der Waals surface area contributed by atoms with Crippen LogP contribution >= 0.6 is 0 Å². The van der Waals surface area contributed by atoms with Gasteiger partial charge in [0.1, 0.15) is 12.1 Å². The summed E-state index contributed by atoms with van der Waals surface area (Å²) in [6.07, 6.45) is -2.74. The lowest BCUT2D eigenvalue weighted by Gasteiger charge is -2.38. The highest BCUT2D eigenvalue weighted by atomic mass is 19.4. The number of fused-ring (bicyclic) bond motifs is 2. The fourth-order valence-corrected chi connectivity index (χ4v) is 4.21. The van der Waals surface area contributed by atoms with Gasteiger partial charge in [-0.15, -0.1) is 0 Å². The Kier molecular flexibility index (Phi) is 4.43. The predicted octanol–water partition coefficient (Wildman–Crippen LogP) is 1.80. The molecule has 0 radical (unpaired) electrons. The van der Waals surface area contributed by atoms with E-state index in [9.17, 15) is 27.6 Å². The topological polar surface area (TPSA) is 81.8 Å². The number of carbonyl (C=O) groups is 3. The summed E-state index contributed by atoms with van der Waals surface area (Å²) in [5, 5.41) is 5.03. The van der Waals surface area contributed by atoms with Crippen LogP contribution in [0.4, 0.5) is 23.7 Å². The molecule has 28 heavy (non-hydrogen) atoms. The van der Waals surface area contributed by atoms with Gasteiger partial charge in [0.25, 0.3) is 0 Å². The first-order valence-corrected chi connectivity index (χ1v) is 9.10. The van der Waals surface area contributed by atoms with Crippen molar-refractivity contribution in [2.75, 3.05) is 18.4 Å². The van der Waals surface area contributed by atoms with Crippen LogP contribution in [0.3, 0.4) is 0 Å². The number of hydrogen-bond acceptors (Lipinski definition) is 3. The smallest absolute Gasteiger partial charge is 0.333 e. The zero-order valence-corrected chi connectivity index (χ0v) is 14.8. The highest BCUT2D eigenvalue weighted by Gasteiger charge is 2.51. The molecule has 4 amide bonds. The summed E-state index contributed by atoms with van der Waals surface area (Å²) in [7, 11) is 0. The Morgan fingerprint density at radius 3 is 2.61 bits per heavy atom. The molecule has 7 nitrogen and oxygen atoms in total. The summed E-state index contributed by atoms with van der Waals surface area (Å²) in [5.41, 5.74) is -0.851. The fraction of sp³-hybridized carbons (Fsp3) is 0.500. The highest BCUT2D eigenvalue weighted by molar-refractivity contribution is 5.98. The molecule has 3 fully saturated rings. The molecule has 10 heteroatoms. The van der Waals surface area contributed by atoms with Gasteiger partial charge in [0, 0.05) is 18.8 Å². The molecule has 0 unspecified atom stereocenters. The maximum atomic E-state index is 12.8. The summed E-state index contributed by atoms with van der Waals surface area (Å²) in [4.78, 5) is 40.5. The fourth-order valence-electron chi connectivity index (χ4n) is 4.21. The van der Waals surface area contributed by atoms with Gasteiger partial charge in [-0.3, -0.25) is 9.59 Å². The quantitative estimate of drug-likeness (QED) is 0.800. The number of halogens is 3. The first kappa shape index (κ1) is 18.6. The number of amides is 4. The number of piperazine rings is 1. The number of anilines is 1. The molecule has 1 aromatic rings. The molecule has 0 saturated carbocycles. The Hall–Kier alpha value is -2.78. The van der Waals surface area contributed by atoms with Crippen LogP contribution in [0.2, 0.25) is 0 Å². The number of carbonyl (C=O) groups excluding carboxylic acids is 3. The van der Waals surface area contributed by atoms with Crippen LogP contribution in [0.5, 0.6) is 0 Å². The molecule has 0 aliphatic carbocycles. The van der Waals surface area contributed by atoms with Crippen LogP contribution in [0, 0.1) is 0 Å². The number of nitrogens with zero attached hydrogens (tertiary/aromatic N) is 2. The molecule has 0 bridgehead atoms. The van der Waals surface area contributed by atoms with E-state index in [4.69, 9.17) is 0 Å². The van der Waals surface area contributed by atoms with Crippen LogP contribution in [0.25, 0.3) is 0 Å². The standard InChI is InChI=1S/C18H19F3N4O3/c19-18(20,21)10-3-1-4-11(7-10)22-17(28)23-12-8-14-16(27)24-6-2-5-13(24)15(26)25(14)9-12/h1,3-4,7,12-14H,2,5-6,8-9H2,(H2,22,23,28)/t12-,13+,14-/m0/s1. The molecule has 3 atom stereocenters. The number of hydrogen-bond donors (Lipinski definition) is 2. The van der Waals surface area contributed by atoms with Gasteiger partial charge in [-0.05, 0) is 37.5 Å². The van der Waals surface area contributed by atoms with Crippen LogP contribution in [-0.2, 0) is 15.8 Å². The molecule has 1 aromatic carbocycles. The van der Waals surface area contributed by atoms with Crippen molar-refractivity contribution in [2.24, 2.45) is 0 Å². The van der Waals surface area contributed by atoms with Crippen molar-refractivity contribution in [3.63, 3.8) is 0 Å². The second-order valence-electron chi connectivity index (χ2n) is 7.31. The summed E-state index contributed by atoms with van der Waals surface area (Å²) in [6, 6.07) is 2.23. The maximum Gasteiger partial charge on any atom is 0.416 e. The van der Waals surface area contributed by atoms with Gasteiger partial charge < -0.3 is 20.4 Å². The number of alkyl halides is 3. The van der Waals surface area contributed by atoms with Crippen molar-refractivity contribution >= 4 is 23.5 Å². The molecule has 3 aliphatic rings. The Balaban J connectivity index is 1.39. The lowest BCUT2D eigenvalue weighted by atomic mass is 10.1. The lowest BCUT2D eigenvalue weighted by molar-refractivity contribution is -0.156. The monoisotopic (exact) mass is 396 g/mol. The van der Waals surface area contributed by atoms with Crippen molar-refractivity contribution in [2.45, 2.75) is 43.6 Å². The summed E-state index contributed by atoms with van der Waals surface area (Å²) in [5.74, 6) is -0.186. The molecule has 4 rings (SSSR count). The number of rotatable bonds is 2. The van der Waals surface area contributed by atoms with Crippen molar-refractivity contribution in [3.8, 4) is 0 Å². The van der Waals surface area contributed by atoms with E-state index < -0.39 is 35.9 Å². The Labute approximate surface area is 158 Å². The first-order chi connectivity index (χ1) is 13.2. The largest absolute Gasteiger partial charge is 0.416 e. The predicted molar refractivity (Wildman–Crippen MR) is 92.2 cm³/mol. The number of urea groups is 1. The van der Waals surface area contributed by atoms with E-state index in [-0.39, 0.29) is 24.0 Å². The van der Waals surface area contributed by atoms with Crippen LogP contribution < -0.4 is 10.6 Å². The molecule has 2 N–H and O–H groups in total. The van der Waals surface area contributed by atoms with Crippen LogP contribution in [0.15, 0.2) is 24.3 Å². The molecule has 3 heterocycles. The van der Waals surface area contributed by atoms with E-state index in [2.05, 4.69) is 10.6 Å². The molecular formula is C18H19F3N4O3. The normalized spacial score (nSPS) is 26.9. The van der Waals surface area contributed by atoms with Gasteiger partial charge in [0.05, 0.1) is 11.6 Å². The van der Waals surface area contributed by atoms with E-state index in [0.29, 0.717) is 19.4 Å². The van der Waals surface area contributed by atoms with Crippen molar-refractivity contribution in [1.82, 2.24) is 15.1 Å². The first-order valence-electron chi connectivity index (χ1n) is 9.10. The Morgan fingerprint density at radius 2 is 1.86 bits per heavy atom. The van der Waals surface area contributed by atoms with E-state index in [1.165, 1.54) is 17.0 Å². The van der Waals surface area contributed by atoms with Crippen molar-refractivity contribution in [3.05, 3.63) is 29.8 Å². The third-order valence-corrected chi connectivity index (χ3v) is 5.47. The zero-order valence-electron chi connectivity index (χ0n) is 14.8. The minimum absolute atomic E-state index is 0.0100. The van der Waals surface area contributed by atoms with Crippen molar-refractivity contribution < 1.29 is 27.6 Å². The zero-order chi connectivity index (χ0) is 20.1. The van der Waals surface area contributed by atoms with Gasteiger partial charge >= 0.3 is 12.2 Å². The van der Waals surface area contributed by atoms with Gasteiger partial charge in [-0.1, -0.05) is 6.07 Å². The molecular weight excluding hydrogens is 377 g/mol. The van der Waals surface area contributed by atoms with E-state index in [1.807, 2.05) is 0 Å². The average molecular weight is 396 g/mol. The summed E-state index contributed by atoms with van der Waals surface area (Å²) in [6.45, 7) is 0.795. The Morgan fingerprint density at radius 1 is 1.11 bits per heavy atom. The van der Waals surface area contributed by atoms with Crippen LogP contribution in [0.1, 0.15) is 24.8 Å². The summed E-state index contributed by atoms with van der Waals surface area (Å²) < 4.78 is 38.3. The third kappa shape index (κ3) is 3.27. The minimum Gasteiger partial charge on any atom is -0.333 e. The molecule has 0 spiro atoms. The van der Waals surface area contributed by atoms with Gasteiger partial charge in [0.2, 0.25) is 11.8 Å². The van der Waals surface area contributed by atoms with E-state index >= 15 is 0 Å². The third-order valence-electron chi connectivity index (χ3n) is 5.47. The lowest BCUT2D eigenvalue weighted by Crippen LogP contribution is -2.60. The van der Waals surface area contributed by atoms with E-state index in [1.54, 1.807) is 4.90 Å². The molecule has 3 aliphatic heterocycles. The number of nitrogens with one attached hydrogen (secondary N) is 2. The van der Waals surface area contributed by atoms with Gasteiger partial charge in [-0.2, -0.15) is 13.2 Å². The Bertz CT molecular complexity index is 799. The molecule has 0 aromatic heterocycles. The van der Waals surface area contributed by atoms with E-state index in [0.717, 1.165) is 18.6 Å². The molecule has 3 saturated heterocycles. The van der Waals surface area contributed by atoms with Crippen LogP contribution in [-0.4, -0.2) is 58.9 Å². The van der Waals surface area contributed by atoms with Gasteiger partial charge in [-0.25, -0.2) is 4.79 Å². The van der Waals surface area contributed by atoms with Crippen molar-refractivity contribution in [1.29, 1.82) is 0 Å². The second kappa shape index (κ2) is 6.68. The molecule has 150 valence electrons. The maximum absolute atomic E-state index is 12.8. The highest BCUT2D eigenvalue weighted by Crippen LogP contribution is 2.33. The van der Waals surface area contributed by atoms with Gasteiger partial charge in [0.15, 0.2) is 0 Å². The minimum atomic E-state index is -4.50. The average Bonchev–Trinajstić information content (AvgIpc) is 3.26. The number of benzene rings is 1. The summed E-state index contributed by atoms with van der Waals surface area (Å²) >= 11 is 0. The SMILES string of the molecule is O=C(Nc1cccc(C(F)(F)F)c1)N[C@H]1C[C@H]2C(=O)N3CCC[C@@H]3C(=O)N2C1.